The molecular formula is C13H19FO4S. The standard InChI is InChI=1S/C13H19FO4S/c1-3-17-13(18-4-2)9-10-19(15,16)12-7-5-11(14)6-8-12/h5-8,13H,3-4,9-10H2,1-2H3. The van der Waals surface area contributed by atoms with E-state index in [1.54, 1.807) is 0 Å². The second-order valence-electron chi connectivity index (χ2n) is 3.90. The third kappa shape index (κ3) is 5.26. The number of halogens is 1. The predicted octanol–water partition coefficient (Wildman–Crippen LogP) is 2.39. The quantitative estimate of drug-likeness (QED) is 0.545. The van der Waals surface area contributed by atoms with E-state index in [4.69, 9.17) is 9.47 Å². The lowest BCUT2D eigenvalue weighted by Crippen LogP contribution is -2.21. The van der Waals surface area contributed by atoms with Crippen LogP contribution in [0.1, 0.15) is 20.3 Å². The van der Waals surface area contributed by atoms with Gasteiger partial charge in [-0.3, -0.25) is 0 Å². The molecule has 0 bridgehead atoms. The van der Waals surface area contributed by atoms with Gasteiger partial charge < -0.3 is 9.47 Å². The van der Waals surface area contributed by atoms with Gasteiger partial charge in [-0.15, -0.1) is 0 Å². The molecule has 0 aliphatic carbocycles. The van der Waals surface area contributed by atoms with Crippen LogP contribution >= 0.6 is 0 Å². The van der Waals surface area contributed by atoms with Gasteiger partial charge in [-0.05, 0) is 38.1 Å². The molecule has 1 aromatic rings. The Kier molecular flexibility index (Phi) is 6.41. The zero-order valence-corrected chi connectivity index (χ0v) is 12.0. The molecule has 1 rings (SSSR count). The highest BCUT2D eigenvalue weighted by molar-refractivity contribution is 7.91. The van der Waals surface area contributed by atoms with Gasteiger partial charge in [0.1, 0.15) is 5.82 Å². The van der Waals surface area contributed by atoms with Crippen LogP contribution in [0.2, 0.25) is 0 Å². The van der Waals surface area contributed by atoms with Crippen molar-refractivity contribution in [3.63, 3.8) is 0 Å². The van der Waals surface area contributed by atoms with Crippen molar-refractivity contribution in [3.05, 3.63) is 30.1 Å². The van der Waals surface area contributed by atoms with Crippen molar-refractivity contribution >= 4 is 9.84 Å². The lowest BCUT2D eigenvalue weighted by molar-refractivity contribution is -0.136. The van der Waals surface area contributed by atoms with Gasteiger partial charge in [0.2, 0.25) is 0 Å². The smallest absolute Gasteiger partial charge is 0.178 e. The molecule has 0 unspecified atom stereocenters. The SMILES string of the molecule is CCOC(CCS(=O)(=O)c1ccc(F)cc1)OCC. The van der Waals surface area contributed by atoms with E-state index < -0.39 is 21.9 Å². The largest absolute Gasteiger partial charge is 0.353 e. The van der Waals surface area contributed by atoms with Crippen molar-refractivity contribution < 1.29 is 22.3 Å². The highest BCUT2D eigenvalue weighted by Crippen LogP contribution is 2.14. The molecule has 4 nitrogen and oxygen atoms in total. The molecule has 0 aliphatic heterocycles. The molecule has 0 spiro atoms. The van der Waals surface area contributed by atoms with Gasteiger partial charge in [0.25, 0.3) is 0 Å². The van der Waals surface area contributed by atoms with E-state index in [1.807, 2.05) is 13.8 Å². The summed E-state index contributed by atoms with van der Waals surface area (Å²) in [5.41, 5.74) is 0. The maximum Gasteiger partial charge on any atom is 0.178 e. The van der Waals surface area contributed by atoms with E-state index in [-0.39, 0.29) is 17.1 Å². The zero-order valence-electron chi connectivity index (χ0n) is 11.1. The summed E-state index contributed by atoms with van der Waals surface area (Å²) in [6.07, 6.45) is -0.272. The highest BCUT2D eigenvalue weighted by atomic mass is 32.2. The molecule has 0 heterocycles. The van der Waals surface area contributed by atoms with Gasteiger partial charge in [0.05, 0.1) is 10.6 Å². The fourth-order valence-electron chi connectivity index (χ4n) is 1.60. The predicted molar refractivity (Wildman–Crippen MR) is 70.1 cm³/mol. The van der Waals surface area contributed by atoms with Crippen LogP contribution in [0.5, 0.6) is 0 Å². The summed E-state index contributed by atoms with van der Waals surface area (Å²) >= 11 is 0. The van der Waals surface area contributed by atoms with Crippen molar-refractivity contribution in [2.45, 2.75) is 31.5 Å². The van der Waals surface area contributed by atoms with Crippen molar-refractivity contribution in [1.82, 2.24) is 0 Å². The van der Waals surface area contributed by atoms with E-state index in [2.05, 4.69) is 0 Å². The summed E-state index contributed by atoms with van der Waals surface area (Å²) < 4.78 is 47.4. The Morgan fingerprint density at radius 3 is 2.11 bits per heavy atom. The molecule has 108 valence electrons. The minimum absolute atomic E-state index is 0.0939. The van der Waals surface area contributed by atoms with Crippen LogP contribution in [0, 0.1) is 5.82 Å². The first-order valence-electron chi connectivity index (χ1n) is 6.21. The Labute approximate surface area is 113 Å². The molecule has 0 saturated carbocycles. The molecule has 0 saturated heterocycles. The Balaban J connectivity index is 2.66. The molecule has 0 radical (unpaired) electrons. The van der Waals surface area contributed by atoms with Crippen molar-refractivity contribution in [3.8, 4) is 0 Å². The Hall–Kier alpha value is -0.980. The van der Waals surface area contributed by atoms with E-state index in [9.17, 15) is 12.8 Å². The molecule has 0 atom stereocenters. The monoisotopic (exact) mass is 290 g/mol. The molecule has 0 amide bonds. The molecule has 0 aliphatic rings. The van der Waals surface area contributed by atoms with E-state index in [0.29, 0.717) is 13.2 Å². The summed E-state index contributed by atoms with van der Waals surface area (Å²) in [5, 5.41) is 0. The molecule has 1 aromatic carbocycles. The number of hydrogen-bond acceptors (Lipinski definition) is 4. The Bertz CT molecular complexity index is 464. The molecule has 6 heteroatoms. The third-order valence-corrected chi connectivity index (χ3v) is 4.26. The number of sulfone groups is 1. The molecule has 0 fully saturated rings. The third-order valence-electron chi connectivity index (χ3n) is 2.50. The van der Waals surface area contributed by atoms with Crippen molar-refractivity contribution in [2.75, 3.05) is 19.0 Å². The topological polar surface area (TPSA) is 52.6 Å². The summed E-state index contributed by atoms with van der Waals surface area (Å²) in [5.74, 6) is -0.552. The summed E-state index contributed by atoms with van der Waals surface area (Å²) in [7, 11) is -3.44. The lowest BCUT2D eigenvalue weighted by atomic mass is 10.4. The second-order valence-corrected chi connectivity index (χ2v) is 6.01. The molecule has 0 aromatic heterocycles. The van der Waals surface area contributed by atoms with E-state index in [1.165, 1.54) is 12.1 Å². The van der Waals surface area contributed by atoms with Crippen LogP contribution in [-0.4, -0.2) is 33.7 Å². The minimum Gasteiger partial charge on any atom is -0.353 e. The van der Waals surface area contributed by atoms with Gasteiger partial charge in [-0.25, -0.2) is 12.8 Å². The maximum atomic E-state index is 12.8. The number of hydrogen-bond donors (Lipinski definition) is 0. The summed E-state index contributed by atoms with van der Waals surface area (Å²) in [6, 6.07) is 4.80. The van der Waals surface area contributed by atoms with Gasteiger partial charge >= 0.3 is 0 Å². The first-order valence-corrected chi connectivity index (χ1v) is 7.86. The zero-order chi connectivity index (χ0) is 14.3. The Morgan fingerprint density at radius 1 is 1.11 bits per heavy atom. The van der Waals surface area contributed by atoms with Crippen molar-refractivity contribution in [2.24, 2.45) is 0 Å². The van der Waals surface area contributed by atoms with Crippen LogP contribution in [0.4, 0.5) is 4.39 Å². The number of benzene rings is 1. The molecule has 19 heavy (non-hydrogen) atoms. The second kappa shape index (κ2) is 7.57. The molecule has 0 N–H and O–H groups in total. The summed E-state index contributed by atoms with van der Waals surface area (Å²) in [4.78, 5) is 0.112. The van der Waals surface area contributed by atoms with Crippen LogP contribution in [0.3, 0.4) is 0 Å². The number of ether oxygens (including phenoxy) is 2. The van der Waals surface area contributed by atoms with E-state index in [0.717, 1.165) is 12.1 Å². The Morgan fingerprint density at radius 2 is 1.63 bits per heavy atom. The molecular weight excluding hydrogens is 271 g/mol. The first kappa shape index (κ1) is 16.1. The maximum absolute atomic E-state index is 12.8. The highest BCUT2D eigenvalue weighted by Gasteiger charge is 2.18. The first-order chi connectivity index (χ1) is 8.99. The van der Waals surface area contributed by atoms with E-state index >= 15 is 0 Å². The fraction of sp³-hybridized carbons (Fsp3) is 0.538. The van der Waals surface area contributed by atoms with Crippen LogP contribution in [0.25, 0.3) is 0 Å². The van der Waals surface area contributed by atoms with Crippen molar-refractivity contribution in [1.29, 1.82) is 0 Å². The average Bonchev–Trinajstić information content (AvgIpc) is 2.37. The average molecular weight is 290 g/mol. The summed E-state index contributed by atoms with van der Waals surface area (Å²) in [6.45, 7) is 4.56. The van der Waals surface area contributed by atoms with Gasteiger partial charge in [-0.2, -0.15) is 0 Å². The minimum atomic E-state index is -3.44. The van der Waals surface area contributed by atoms with Crippen LogP contribution in [-0.2, 0) is 19.3 Å². The van der Waals surface area contributed by atoms with Crippen LogP contribution < -0.4 is 0 Å². The fourth-order valence-corrected chi connectivity index (χ4v) is 2.89. The van der Waals surface area contributed by atoms with Gasteiger partial charge in [-0.1, -0.05) is 0 Å². The lowest BCUT2D eigenvalue weighted by Gasteiger charge is -2.16. The van der Waals surface area contributed by atoms with Crippen LogP contribution in [0.15, 0.2) is 29.2 Å². The van der Waals surface area contributed by atoms with Gasteiger partial charge in [0, 0.05) is 19.6 Å². The van der Waals surface area contributed by atoms with Gasteiger partial charge in [0.15, 0.2) is 16.1 Å². The number of rotatable bonds is 8. The normalized spacial score (nSPS) is 12.0.